The van der Waals surface area contributed by atoms with E-state index in [-0.39, 0.29) is 6.71 Å². The summed E-state index contributed by atoms with van der Waals surface area (Å²) in [5.74, 6) is 3.48. The maximum atomic E-state index is 6.94. The monoisotopic (exact) mass is 688 g/mol. The summed E-state index contributed by atoms with van der Waals surface area (Å²) >= 11 is 0. The van der Waals surface area contributed by atoms with Crippen molar-refractivity contribution in [2.45, 2.75) is 0 Å². The number of ether oxygens (including phenoxy) is 2. The second-order valence-electron chi connectivity index (χ2n) is 14.3. The summed E-state index contributed by atoms with van der Waals surface area (Å²) in [7, 11) is 0. The highest BCUT2D eigenvalue weighted by atomic mass is 16.5. The molecule has 9 aromatic carbocycles. The highest BCUT2D eigenvalue weighted by molar-refractivity contribution is 6.98. The first-order valence-electron chi connectivity index (χ1n) is 18.5. The summed E-state index contributed by atoms with van der Waals surface area (Å²) in [5, 5.41) is 7.08. The minimum absolute atomic E-state index is 0.00245. The van der Waals surface area contributed by atoms with Crippen LogP contribution in [0.15, 0.2) is 180 Å². The second-order valence-corrected chi connectivity index (χ2v) is 14.3. The zero-order valence-corrected chi connectivity index (χ0v) is 29.0. The van der Waals surface area contributed by atoms with Gasteiger partial charge in [0.1, 0.15) is 34.2 Å². The van der Waals surface area contributed by atoms with E-state index in [4.69, 9.17) is 13.9 Å². The van der Waals surface area contributed by atoms with E-state index in [1.807, 2.05) is 30.3 Å². The molecule has 0 fully saturated rings. The van der Waals surface area contributed by atoms with Gasteiger partial charge in [-0.2, -0.15) is 0 Å². The topological polar surface area (TPSA) is 31.6 Å². The largest absolute Gasteiger partial charge is 0.458 e. The molecule has 0 amide bonds. The van der Waals surface area contributed by atoms with Crippen molar-refractivity contribution in [1.29, 1.82) is 0 Å². The van der Waals surface area contributed by atoms with Gasteiger partial charge in [0.25, 0.3) is 6.71 Å². The Kier molecular flexibility index (Phi) is 6.14. The van der Waals surface area contributed by atoms with Gasteiger partial charge in [-0.05, 0) is 96.7 Å². The first kappa shape index (κ1) is 29.5. The quantitative estimate of drug-likeness (QED) is 0.137. The molecule has 250 valence electrons. The summed E-state index contributed by atoms with van der Waals surface area (Å²) in [5.41, 5.74) is 12.2. The molecule has 0 atom stereocenters. The van der Waals surface area contributed by atoms with E-state index in [1.165, 1.54) is 38.2 Å². The standard InChI is InChI=1S/C50H29BO3/c1-2-15-33(31(13-1)38-20-11-22-41-50(38)54-46-26-12-25-45-49(46)51(41)40-21-8-10-24-44(40)53-45)48-36-18-5-3-16-34(36)47(35-17-4-6-19-37(35)48)30-27-28-43-39(29-30)32-14-7-9-23-42(32)52-43/h1-29H. The Labute approximate surface area is 311 Å². The Morgan fingerprint density at radius 3 is 1.70 bits per heavy atom. The van der Waals surface area contributed by atoms with Gasteiger partial charge in [0.2, 0.25) is 0 Å². The van der Waals surface area contributed by atoms with Crippen LogP contribution in [0.3, 0.4) is 0 Å². The van der Waals surface area contributed by atoms with E-state index < -0.39 is 0 Å². The third-order valence-corrected chi connectivity index (χ3v) is 11.4. The van der Waals surface area contributed by atoms with Crippen molar-refractivity contribution < 1.29 is 13.9 Å². The Morgan fingerprint density at radius 1 is 0.352 bits per heavy atom. The number of hydrogen-bond donors (Lipinski definition) is 0. The van der Waals surface area contributed by atoms with Crippen LogP contribution in [0.2, 0.25) is 0 Å². The maximum Gasteiger partial charge on any atom is 0.260 e. The molecule has 3 heterocycles. The Morgan fingerprint density at radius 2 is 0.907 bits per heavy atom. The van der Waals surface area contributed by atoms with Crippen molar-refractivity contribution in [2.75, 3.05) is 0 Å². The molecule has 2 aliphatic heterocycles. The molecule has 0 radical (unpaired) electrons. The fourth-order valence-electron chi connectivity index (χ4n) is 9.16. The molecule has 0 aliphatic carbocycles. The lowest BCUT2D eigenvalue weighted by molar-refractivity contribution is 0.465. The van der Waals surface area contributed by atoms with Gasteiger partial charge in [-0.15, -0.1) is 0 Å². The Bertz CT molecular complexity index is 3140. The number of rotatable bonds is 3. The smallest absolute Gasteiger partial charge is 0.260 e. The summed E-state index contributed by atoms with van der Waals surface area (Å²) < 4.78 is 19.6. The average Bonchev–Trinajstić information content (AvgIpc) is 3.60. The number of hydrogen-bond acceptors (Lipinski definition) is 3. The van der Waals surface area contributed by atoms with E-state index >= 15 is 0 Å². The molecule has 0 spiro atoms. The Balaban J connectivity index is 1.11. The second kappa shape index (κ2) is 11.2. The molecule has 0 saturated heterocycles. The highest BCUT2D eigenvalue weighted by Gasteiger charge is 2.40. The predicted molar refractivity (Wildman–Crippen MR) is 223 cm³/mol. The van der Waals surface area contributed by atoms with Crippen LogP contribution in [-0.2, 0) is 0 Å². The van der Waals surface area contributed by atoms with Gasteiger partial charge >= 0.3 is 0 Å². The molecule has 0 N–H and O–H groups in total. The van der Waals surface area contributed by atoms with E-state index in [2.05, 4.69) is 146 Å². The lowest BCUT2D eigenvalue weighted by Crippen LogP contribution is -2.57. The zero-order valence-electron chi connectivity index (χ0n) is 29.0. The summed E-state index contributed by atoms with van der Waals surface area (Å²) in [6.45, 7) is 0.00245. The van der Waals surface area contributed by atoms with Crippen molar-refractivity contribution >= 4 is 66.6 Å². The minimum atomic E-state index is 0.00245. The van der Waals surface area contributed by atoms with Gasteiger partial charge in [-0.25, -0.2) is 0 Å². The molecule has 3 nitrogen and oxygen atoms in total. The molecular weight excluding hydrogens is 659 g/mol. The van der Waals surface area contributed by atoms with Crippen LogP contribution in [0, 0.1) is 0 Å². The molecule has 54 heavy (non-hydrogen) atoms. The van der Waals surface area contributed by atoms with Crippen molar-refractivity contribution in [3.05, 3.63) is 176 Å². The first-order valence-corrected chi connectivity index (χ1v) is 18.5. The molecule has 0 saturated carbocycles. The summed E-state index contributed by atoms with van der Waals surface area (Å²) in [6.07, 6.45) is 0. The van der Waals surface area contributed by atoms with E-state index in [1.54, 1.807) is 0 Å². The maximum absolute atomic E-state index is 6.94. The molecule has 0 bridgehead atoms. The fraction of sp³-hybridized carbons (Fsp3) is 0. The number of benzene rings is 9. The van der Waals surface area contributed by atoms with Gasteiger partial charge in [-0.1, -0.05) is 140 Å². The van der Waals surface area contributed by atoms with Gasteiger partial charge < -0.3 is 13.9 Å². The molecule has 2 aliphatic rings. The summed E-state index contributed by atoms with van der Waals surface area (Å²) in [6, 6.07) is 62.5. The minimum Gasteiger partial charge on any atom is -0.458 e. The summed E-state index contributed by atoms with van der Waals surface area (Å²) in [4.78, 5) is 0. The van der Waals surface area contributed by atoms with Crippen molar-refractivity contribution in [2.24, 2.45) is 0 Å². The van der Waals surface area contributed by atoms with Gasteiger partial charge in [0.05, 0.1) is 0 Å². The molecule has 4 heteroatoms. The predicted octanol–water partition coefficient (Wildman–Crippen LogP) is 11.6. The van der Waals surface area contributed by atoms with E-state index in [0.717, 1.165) is 78.0 Å². The van der Waals surface area contributed by atoms with Gasteiger partial charge in [-0.3, -0.25) is 0 Å². The molecular formula is C50H29BO3. The van der Waals surface area contributed by atoms with Crippen molar-refractivity contribution in [1.82, 2.24) is 0 Å². The lowest BCUT2D eigenvalue weighted by Gasteiger charge is -2.33. The van der Waals surface area contributed by atoms with Crippen LogP contribution >= 0.6 is 0 Å². The van der Waals surface area contributed by atoms with Gasteiger partial charge in [0.15, 0.2) is 0 Å². The van der Waals surface area contributed by atoms with Crippen LogP contribution in [0.5, 0.6) is 23.0 Å². The third-order valence-electron chi connectivity index (χ3n) is 11.4. The third kappa shape index (κ3) is 4.14. The number of fused-ring (bicyclic) bond motifs is 9. The van der Waals surface area contributed by atoms with Crippen LogP contribution in [0.25, 0.3) is 76.9 Å². The van der Waals surface area contributed by atoms with Crippen LogP contribution < -0.4 is 25.9 Å². The van der Waals surface area contributed by atoms with E-state index in [9.17, 15) is 0 Å². The normalized spacial score (nSPS) is 12.7. The lowest BCUT2D eigenvalue weighted by atomic mass is 9.34. The molecule has 12 rings (SSSR count). The van der Waals surface area contributed by atoms with Crippen LogP contribution in [0.4, 0.5) is 0 Å². The van der Waals surface area contributed by atoms with Crippen LogP contribution in [-0.4, -0.2) is 6.71 Å². The first-order chi connectivity index (χ1) is 26.8. The van der Waals surface area contributed by atoms with E-state index in [0.29, 0.717) is 0 Å². The fourth-order valence-corrected chi connectivity index (χ4v) is 9.16. The number of para-hydroxylation sites is 3. The molecule has 10 aromatic rings. The van der Waals surface area contributed by atoms with Crippen molar-refractivity contribution in [3.8, 4) is 56.4 Å². The average molecular weight is 689 g/mol. The Hall–Kier alpha value is -7.04. The zero-order chi connectivity index (χ0) is 35.3. The van der Waals surface area contributed by atoms with Crippen LogP contribution in [0.1, 0.15) is 0 Å². The molecule has 0 unspecified atom stereocenters. The highest BCUT2D eigenvalue weighted by Crippen LogP contribution is 2.48. The SMILES string of the molecule is c1ccc2c(c1)Oc1cccc3c1B2c1cccc(-c2ccccc2-c2c4ccccc4c(-c4ccc5oc6ccccc6c5c4)c4ccccc24)c1O3. The van der Waals surface area contributed by atoms with Gasteiger partial charge in [0, 0.05) is 21.8 Å². The number of furan rings is 1. The molecule has 1 aromatic heterocycles. The van der Waals surface area contributed by atoms with Crippen molar-refractivity contribution in [3.63, 3.8) is 0 Å².